The van der Waals surface area contributed by atoms with Gasteiger partial charge in [-0.05, 0) is 37.1 Å². The number of hydrogen-bond acceptors (Lipinski definition) is 4. The van der Waals surface area contributed by atoms with Crippen LogP contribution in [-0.2, 0) is 0 Å². The van der Waals surface area contributed by atoms with Gasteiger partial charge in [0.1, 0.15) is 11.5 Å². The first-order valence-corrected chi connectivity index (χ1v) is 4.22. The zero-order valence-electron chi connectivity index (χ0n) is 8.15. The minimum atomic E-state index is -0.363. The molecule has 0 aliphatic rings. The summed E-state index contributed by atoms with van der Waals surface area (Å²) in [6.45, 7) is 3.27. The van der Waals surface area contributed by atoms with E-state index in [1.165, 1.54) is 6.07 Å². The van der Waals surface area contributed by atoms with Gasteiger partial charge in [-0.1, -0.05) is 5.16 Å². The van der Waals surface area contributed by atoms with Gasteiger partial charge in [0, 0.05) is 5.56 Å². The Balaban J connectivity index is 3.25. The molecule has 0 saturated heterocycles. The van der Waals surface area contributed by atoms with Gasteiger partial charge in [0.25, 0.3) is 0 Å². The lowest BCUT2D eigenvalue weighted by molar-refractivity contribution is 0.303. The van der Waals surface area contributed by atoms with Crippen LogP contribution in [-0.4, -0.2) is 27.7 Å². The van der Waals surface area contributed by atoms with Gasteiger partial charge in [-0.25, -0.2) is 0 Å². The zero-order chi connectivity index (χ0) is 10.7. The fourth-order valence-corrected chi connectivity index (χ4v) is 1.19. The molecule has 0 fully saturated rings. The van der Waals surface area contributed by atoms with Crippen LogP contribution in [0.3, 0.4) is 0 Å². The summed E-state index contributed by atoms with van der Waals surface area (Å²) >= 11 is 0. The molecule has 0 aliphatic carbocycles. The summed E-state index contributed by atoms with van der Waals surface area (Å²) in [6.07, 6.45) is 0. The molecule has 0 aliphatic heterocycles. The molecule has 1 aromatic rings. The molecular weight excluding hydrogens is 182 g/mol. The lowest BCUT2D eigenvalue weighted by Crippen LogP contribution is -2.07. The number of nitrogens with zero attached hydrogens (tertiary/aromatic N) is 1. The monoisotopic (exact) mass is 195 g/mol. The van der Waals surface area contributed by atoms with Crippen molar-refractivity contribution in [2.45, 2.75) is 13.8 Å². The maximum atomic E-state index is 9.50. The first-order valence-electron chi connectivity index (χ1n) is 4.22. The van der Waals surface area contributed by atoms with E-state index < -0.39 is 0 Å². The number of benzene rings is 1. The van der Waals surface area contributed by atoms with E-state index >= 15 is 0 Å². The van der Waals surface area contributed by atoms with Crippen LogP contribution in [0.1, 0.15) is 16.7 Å². The average molecular weight is 195 g/mol. The highest BCUT2D eigenvalue weighted by Crippen LogP contribution is 2.22. The second-order valence-electron chi connectivity index (χ2n) is 3.14. The SMILES string of the molecule is Cc1cc(C(CO)=NO)cc(O)c1C. The van der Waals surface area contributed by atoms with Gasteiger partial charge in [-0.2, -0.15) is 0 Å². The van der Waals surface area contributed by atoms with E-state index in [4.69, 9.17) is 10.3 Å². The van der Waals surface area contributed by atoms with E-state index in [0.717, 1.165) is 11.1 Å². The lowest BCUT2D eigenvalue weighted by atomic mass is 10.0. The second kappa shape index (κ2) is 4.11. The standard InChI is InChI=1S/C10H13NO3/c1-6-3-8(9(5-12)11-14)4-10(13)7(6)2/h3-4,12-14H,5H2,1-2H3. The predicted octanol–water partition coefficient (Wildman–Crippen LogP) is 1.18. The average Bonchev–Trinajstić information content (AvgIpc) is 2.16. The van der Waals surface area contributed by atoms with Crippen molar-refractivity contribution in [2.24, 2.45) is 5.16 Å². The van der Waals surface area contributed by atoms with Gasteiger partial charge in [-0.3, -0.25) is 0 Å². The molecule has 4 nitrogen and oxygen atoms in total. The van der Waals surface area contributed by atoms with Crippen molar-refractivity contribution < 1.29 is 15.4 Å². The normalized spacial score (nSPS) is 11.8. The lowest BCUT2D eigenvalue weighted by Gasteiger charge is -2.07. The summed E-state index contributed by atoms with van der Waals surface area (Å²) in [6, 6.07) is 3.22. The zero-order valence-corrected chi connectivity index (χ0v) is 8.15. The van der Waals surface area contributed by atoms with Crippen LogP contribution in [0.2, 0.25) is 0 Å². The third-order valence-corrected chi connectivity index (χ3v) is 2.24. The fourth-order valence-electron chi connectivity index (χ4n) is 1.19. The summed E-state index contributed by atoms with van der Waals surface area (Å²) in [5, 5.41) is 29.9. The molecule has 0 atom stereocenters. The van der Waals surface area contributed by atoms with Crippen molar-refractivity contribution in [1.29, 1.82) is 0 Å². The third kappa shape index (κ3) is 1.85. The second-order valence-corrected chi connectivity index (χ2v) is 3.14. The van der Waals surface area contributed by atoms with Gasteiger partial charge < -0.3 is 15.4 Å². The molecule has 3 N–H and O–H groups in total. The van der Waals surface area contributed by atoms with Gasteiger partial charge in [0.15, 0.2) is 0 Å². The highest BCUT2D eigenvalue weighted by Gasteiger charge is 2.07. The van der Waals surface area contributed by atoms with Crippen molar-refractivity contribution in [2.75, 3.05) is 6.61 Å². The fraction of sp³-hybridized carbons (Fsp3) is 0.300. The number of phenols is 1. The molecule has 14 heavy (non-hydrogen) atoms. The number of phenolic OH excluding ortho intramolecular Hbond substituents is 1. The number of aryl methyl sites for hydroxylation is 1. The van der Waals surface area contributed by atoms with E-state index in [9.17, 15) is 5.11 Å². The molecule has 0 heterocycles. The van der Waals surface area contributed by atoms with Crippen molar-refractivity contribution in [3.8, 4) is 5.75 Å². The molecule has 0 bridgehead atoms. The number of rotatable bonds is 2. The van der Waals surface area contributed by atoms with E-state index in [2.05, 4.69) is 5.16 Å². The molecule has 0 amide bonds. The predicted molar refractivity (Wildman–Crippen MR) is 53.0 cm³/mol. The molecule has 0 radical (unpaired) electrons. The highest BCUT2D eigenvalue weighted by molar-refractivity contribution is 6.01. The molecule has 0 unspecified atom stereocenters. The van der Waals surface area contributed by atoms with Crippen LogP contribution in [0.25, 0.3) is 0 Å². The first kappa shape index (κ1) is 10.5. The van der Waals surface area contributed by atoms with Gasteiger partial charge in [-0.15, -0.1) is 0 Å². The van der Waals surface area contributed by atoms with Crippen LogP contribution in [0.4, 0.5) is 0 Å². The Bertz CT molecular complexity index is 349. The number of aliphatic hydroxyl groups excluding tert-OH is 1. The molecule has 1 rings (SSSR count). The third-order valence-electron chi connectivity index (χ3n) is 2.24. The van der Waals surface area contributed by atoms with E-state index in [-0.39, 0.29) is 18.1 Å². The summed E-state index contributed by atoms with van der Waals surface area (Å²) in [7, 11) is 0. The summed E-state index contributed by atoms with van der Waals surface area (Å²) in [5.41, 5.74) is 2.33. The van der Waals surface area contributed by atoms with Crippen molar-refractivity contribution in [3.63, 3.8) is 0 Å². The minimum absolute atomic E-state index is 0.134. The quantitative estimate of drug-likeness (QED) is 0.377. The number of oxime groups is 1. The molecule has 4 heteroatoms. The highest BCUT2D eigenvalue weighted by atomic mass is 16.4. The molecule has 0 saturated carbocycles. The smallest absolute Gasteiger partial charge is 0.119 e. The van der Waals surface area contributed by atoms with Gasteiger partial charge >= 0.3 is 0 Å². The Morgan fingerprint density at radius 1 is 1.36 bits per heavy atom. The van der Waals surface area contributed by atoms with Crippen LogP contribution in [0.15, 0.2) is 17.3 Å². The first-order chi connectivity index (χ1) is 6.60. The van der Waals surface area contributed by atoms with Crippen LogP contribution >= 0.6 is 0 Å². The van der Waals surface area contributed by atoms with Crippen molar-refractivity contribution in [3.05, 3.63) is 28.8 Å². The summed E-state index contributed by atoms with van der Waals surface area (Å²) < 4.78 is 0. The van der Waals surface area contributed by atoms with E-state index in [0.29, 0.717) is 5.56 Å². The largest absolute Gasteiger partial charge is 0.508 e. The molecule has 0 spiro atoms. The number of aromatic hydroxyl groups is 1. The number of hydrogen-bond donors (Lipinski definition) is 3. The minimum Gasteiger partial charge on any atom is -0.508 e. The number of aliphatic hydroxyl groups is 1. The summed E-state index contributed by atoms with van der Waals surface area (Å²) in [4.78, 5) is 0. The van der Waals surface area contributed by atoms with Crippen molar-refractivity contribution in [1.82, 2.24) is 0 Å². The maximum Gasteiger partial charge on any atom is 0.119 e. The Hall–Kier alpha value is -1.55. The Labute approximate surface area is 82.1 Å². The van der Waals surface area contributed by atoms with E-state index in [1.54, 1.807) is 13.0 Å². The molecule has 76 valence electrons. The summed E-state index contributed by atoms with van der Waals surface area (Å²) in [5.74, 6) is 0.134. The Morgan fingerprint density at radius 3 is 2.43 bits per heavy atom. The Kier molecular flexibility index (Phi) is 3.09. The molecule has 1 aromatic carbocycles. The van der Waals surface area contributed by atoms with Gasteiger partial charge in [0.05, 0.1) is 6.61 Å². The van der Waals surface area contributed by atoms with Crippen LogP contribution in [0, 0.1) is 13.8 Å². The van der Waals surface area contributed by atoms with Crippen LogP contribution in [0.5, 0.6) is 5.75 Å². The molecular formula is C10H13NO3. The van der Waals surface area contributed by atoms with E-state index in [1.807, 2.05) is 6.92 Å². The van der Waals surface area contributed by atoms with Crippen LogP contribution < -0.4 is 0 Å². The van der Waals surface area contributed by atoms with Gasteiger partial charge in [0.2, 0.25) is 0 Å². The maximum absolute atomic E-state index is 9.50. The molecule has 0 aromatic heterocycles. The van der Waals surface area contributed by atoms with Crippen molar-refractivity contribution >= 4 is 5.71 Å². The topological polar surface area (TPSA) is 73.1 Å². The Morgan fingerprint density at radius 2 is 2.00 bits per heavy atom.